The first-order chi connectivity index (χ1) is 12.2. The van der Waals surface area contributed by atoms with E-state index in [4.69, 9.17) is 10.2 Å². The number of hydrogen-bond donors (Lipinski definition) is 2. The Hall–Kier alpha value is -2.86. The first kappa shape index (κ1) is 15.7. The van der Waals surface area contributed by atoms with Crippen LogP contribution < -0.4 is 11.3 Å². The van der Waals surface area contributed by atoms with E-state index in [1.165, 1.54) is 25.3 Å². The number of furan rings is 1. The Bertz CT molecular complexity index is 1020. The lowest BCUT2D eigenvalue weighted by Crippen LogP contribution is -2.20. The maximum Gasteiger partial charge on any atom is 0.263 e. The Kier molecular flexibility index (Phi) is 4.11. The molecule has 1 aliphatic carbocycles. The first-order valence-corrected chi connectivity index (χ1v) is 8.50. The minimum absolute atomic E-state index is 0.178. The fourth-order valence-corrected chi connectivity index (χ4v) is 2.91. The van der Waals surface area contributed by atoms with Crippen molar-refractivity contribution in [3.63, 3.8) is 0 Å². The molecule has 0 spiro atoms. The number of nitrogens with zero attached hydrogens (tertiary/aromatic N) is 2. The highest BCUT2D eigenvalue weighted by molar-refractivity contribution is 5.82. The number of imidazole rings is 1. The molecule has 0 bridgehead atoms. The van der Waals surface area contributed by atoms with E-state index in [1.807, 2.05) is 30.3 Å². The van der Waals surface area contributed by atoms with E-state index in [-0.39, 0.29) is 5.56 Å². The summed E-state index contributed by atoms with van der Waals surface area (Å²) in [7, 11) is 0. The molecule has 1 fully saturated rings. The molecule has 6 nitrogen and oxygen atoms in total. The van der Waals surface area contributed by atoms with Crippen LogP contribution in [0.2, 0.25) is 0 Å². The van der Waals surface area contributed by atoms with Crippen LogP contribution in [0.25, 0.3) is 28.1 Å². The topological polar surface area (TPSA) is 89.3 Å². The quantitative estimate of drug-likeness (QED) is 0.588. The Labute approximate surface area is 144 Å². The molecule has 0 saturated heterocycles. The van der Waals surface area contributed by atoms with Gasteiger partial charge < -0.3 is 10.2 Å². The predicted molar refractivity (Wildman–Crippen MR) is 97.4 cm³/mol. The average molecular weight is 336 g/mol. The van der Waals surface area contributed by atoms with Gasteiger partial charge in [0.15, 0.2) is 11.4 Å². The lowest BCUT2D eigenvalue weighted by Gasteiger charge is -2.22. The molecule has 3 N–H and O–H groups in total. The molecule has 4 aromatic rings. The second-order valence-electron chi connectivity index (χ2n) is 6.33. The fraction of sp³-hybridized carbons (Fsp3) is 0.263. The molecule has 0 unspecified atom stereocenters. The summed E-state index contributed by atoms with van der Waals surface area (Å²) in [5, 5.41) is 3.74. The van der Waals surface area contributed by atoms with Crippen LogP contribution >= 0.6 is 0 Å². The molecule has 0 aliphatic heterocycles. The molecule has 1 saturated carbocycles. The van der Waals surface area contributed by atoms with Crippen molar-refractivity contribution in [3.05, 3.63) is 59.0 Å². The van der Waals surface area contributed by atoms with Crippen LogP contribution in [0.4, 0.5) is 0 Å². The molecule has 6 heteroatoms. The van der Waals surface area contributed by atoms with Crippen LogP contribution in [0.15, 0.2) is 57.9 Å². The van der Waals surface area contributed by atoms with E-state index >= 15 is 0 Å². The van der Waals surface area contributed by atoms with Crippen LogP contribution in [0.5, 0.6) is 0 Å². The van der Waals surface area contributed by atoms with Crippen LogP contribution in [-0.2, 0) is 0 Å². The smallest absolute Gasteiger partial charge is 0.263 e. The van der Waals surface area contributed by atoms with E-state index in [0.717, 1.165) is 29.1 Å². The van der Waals surface area contributed by atoms with Crippen molar-refractivity contribution in [2.24, 2.45) is 11.7 Å². The summed E-state index contributed by atoms with van der Waals surface area (Å²) < 4.78 is 7.40. The summed E-state index contributed by atoms with van der Waals surface area (Å²) in [6, 6.07) is 12.8. The van der Waals surface area contributed by atoms with Gasteiger partial charge in [0.25, 0.3) is 5.56 Å². The third-order valence-electron chi connectivity index (χ3n) is 4.63. The lowest BCUT2D eigenvalue weighted by atomic mass is 9.86. The second-order valence-corrected chi connectivity index (χ2v) is 6.33. The van der Waals surface area contributed by atoms with Gasteiger partial charge in [-0.25, -0.2) is 9.50 Å². The number of aromatic amines is 1. The molecule has 3 aromatic heterocycles. The number of nitrogens with two attached hydrogens (primary N) is 1. The molecule has 1 aliphatic rings. The highest BCUT2D eigenvalue weighted by Gasteiger charge is 2.14. The molecule has 5 rings (SSSR count). The largest absolute Gasteiger partial charge is 0.454 e. The minimum Gasteiger partial charge on any atom is -0.454 e. The van der Waals surface area contributed by atoms with E-state index < -0.39 is 0 Å². The van der Waals surface area contributed by atoms with Gasteiger partial charge >= 0.3 is 0 Å². The van der Waals surface area contributed by atoms with Gasteiger partial charge in [0.1, 0.15) is 11.3 Å². The van der Waals surface area contributed by atoms with E-state index in [0.29, 0.717) is 11.4 Å². The molecular weight excluding hydrogens is 316 g/mol. The highest BCUT2D eigenvalue weighted by Crippen LogP contribution is 2.27. The van der Waals surface area contributed by atoms with Gasteiger partial charge in [-0.2, -0.15) is 0 Å². The van der Waals surface area contributed by atoms with Crippen molar-refractivity contribution < 1.29 is 4.42 Å². The summed E-state index contributed by atoms with van der Waals surface area (Å²) in [4.78, 5) is 15.6. The van der Waals surface area contributed by atoms with Crippen molar-refractivity contribution in [1.82, 2.24) is 14.6 Å². The fourth-order valence-electron chi connectivity index (χ4n) is 2.91. The molecule has 3 heterocycles. The maximum absolute atomic E-state index is 11.4. The number of rotatable bonds is 2. The molecule has 0 amide bonds. The van der Waals surface area contributed by atoms with E-state index in [1.54, 1.807) is 16.8 Å². The van der Waals surface area contributed by atoms with Crippen molar-refractivity contribution in [3.8, 4) is 11.5 Å². The van der Waals surface area contributed by atoms with Gasteiger partial charge in [-0.15, -0.1) is 0 Å². The predicted octanol–water partition coefficient (Wildman–Crippen LogP) is 3.18. The number of hydrogen-bond acceptors (Lipinski definition) is 4. The number of H-pyrrole nitrogens is 1. The number of para-hydroxylation sites is 1. The maximum atomic E-state index is 11.4. The summed E-state index contributed by atoms with van der Waals surface area (Å²) >= 11 is 0. The number of aromatic nitrogens is 3. The summed E-state index contributed by atoms with van der Waals surface area (Å²) in [5.74, 6) is 1.57. The van der Waals surface area contributed by atoms with Crippen molar-refractivity contribution in [2.45, 2.75) is 19.3 Å². The molecule has 0 radical (unpaired) electrons. The van der Waals surface area contributed by atoms with Crippen molar-refractivity contribution >= 4 is 16.6 Å². The Morgan fingerprint density at radius 2 is 2.08 bits per heavy atom. The number of fused-ring (bicyclic) bond motifs is 2. The van der Waals surface area contributed by atoms with Gasteiger partial charge in [-0.05, 0) is 43.5 Å². The zero-order valence-electron chi connectivity index (χ0n) is 13.8. The highest BCUT2D eigenvalue weighted by atomic mass is 16.3. The average Bonchev–Trinajstić information content (AvgIpc) is 3.17. The molecule has 128 valence electrons. The zero-order chi connectivity index (χ0) is 17.2. The van der Waals surface area contributed by atoms with Crippen LogP contribution in [0.3, 0.4) is 0 Å². The summed E-state index contributed by atoms with van der Waals surface area (Å²) in [5.41, 5.74) is 7.37. The monoisotopic (exact) mass is 336 g/mol. The van der Waals surface area contributed by atoms with E-state index in [2.05, 4.69) is 10.1 Å². The van der Waals surface area contributed by atoms with Gasteiger partial charge in [-0.3, -0.25) is 9.89 Å². The summed E-state index contributed by atoms with van der Waals surface area (Å²) in [6.07, 6.45) is 5.87. The van der Waals surface area contributed by atoms with Gasteiger partial charge in [0.05, 0.1) is 6.20 Å². The Morgan fingerprint density at radius 3 is 2.76 bits per heavy atom. The zero-order valence-corrected chi connectivity index (χ0v) is 13.8. The van der Waals surface area contributed by atoms with Gasteiger partial charge in [0.2, 0.25) is 0 Å². The molecular formula is C19H20N4O2. The molecule has 1 aromatic carbocycles. The van der Waals surface area contributed by atoms with Crippen LogP contribution in [-0.4, -0.2) is 21.1 Å². The summed E-state index contributed by atoms with van der Waals surface area (Å²) in [6.45, 7) is 0.917. The second kappa shape index (κ2) is 6.57. The van der Waals surface area contributed by atoms with Crippen molar-refractivity contribution in [1.29, 1.82) is 0 Å². The van der Waals surface area contributed by atoms with Crippen LogP contribution in [0.1, 0.15) is 19.3 Å². The Morgan fingerprint density at radius 1 is 1.24 bits per heavy atom. The third kappa shape index (κ3) is 3.08. The minimum atomic E-state index is -0.178. The molecule has 0 atom stereocenters. The van der Waals surface area contributed by atoms with Crippen LogP contribution in [0, 0.1) is 5.92 Å². The number of nitrogens with one attached hydrogen (secondary N) is 1. The normalized spacial score (nSPS) is 14.3. The number of benzene rings is 1. The standard InChI is InChI=1S/C14H9N3O2.C5H11N/c18-14-6-5-13-15-8-10(17(13)16-14)12-7-9-3-1-2-4-11(9)19-12;6-4-5-2-1-3-5/h1-8H,(H,16,18);5H,1-4,6H2. The first-order valence-electron chi connectivity index (χ1n) is 8.50. The van der Waals surface area contributed by atoms with Crippen molar-refractivity contribution in [2.75, 3.05) is 6.54 Å². The van der Waals surface area contributed by atoms with Gasteiger partial charge in [0, 0.05) is 11.5 Å². The molecule has 25 heavy (non-hydrogen) atoms. The lowest BCUT2D eigenvalue weighted by molar-refractivity contribution is 0.325. The van der Waals surface area contributed by atoms with E-state index in [9.17, 15) is 4.79 Å². The Balaban J connectivity index is 0.000000223. The SMILES string of the molecule is NCC1CCC1.O=c1ccc2ncc(-c3cc4ccccc4o3)n2[nH]1. The third-order valence-corrected chi connectivity index (χ3v) is 4.63. The van der Waals surface area contributed by atoms with Gasteiger partial charge in [-0.1, -0.05) is 24.6 Å².